The number of carbonyl (C=O) groups is 1. The van der Waals surface area contributed by atoms with Gasteiger partial charge in [-0.25, -0.2) is 8.42 Å². The van der Waals surface area contributed by atoms with Gasteiger partial charge in [0.15, 0.2) is 0 Å². The Morgan fingerprint density at radius 2 is 2.00 bits per heavy atom. The van der Waals surface area contributed by atoms with E-state index in [1.807, 2.05) is 6.92 Å². The van der Waals surface area contributed by atoms with Crippen LogP contribution in [-0.2, 0) is 14.8 Å². The Bertz CT molecular complexity index is 583. The van der Waals surface area contributed by atoms with Crippen molar-refractivity contribution in [1.82, 2.24) is 9.62 Å². The van der Waals surface area contributed by atoms with Crippen LogP contribution in [-0.4, -0.2) is 44.3 Å². The largest absolute Gasteiger partial charge is 0.326 e. The number of piperazine rings is 1. The minimum atomic E-state index is -3.46. The molecule has 1 amide bonds. The number of benzene rings is 1. The van der Waals surface area contributed by atoms with Gasteiger partial charge in [-0.3, -0.25) is 4.79 Å². The molecule has 0 unspecified atom stereocenters. The Morgan fingerprint density at radius 3 is 2.55 bits per heavy atom. The minimum Gasteiger partial charge on any atom is -0.326 e. The molecule has 0 radical (unpaired) electrons. The first-order valence-electron chi connectivity index (χ1n) is 6.51. The number of anilines is 1. The molecule has 2 rings (SSSR count). The molecule has 1 aliphatic rings. The zero-order valence-corrected chi connectivity index (χ0v) is 12.4. The molecule has 1 saturated heterocycles. The highest BCUT2D eigenvalue weighted by atomic mass is 32.2. The maximum atomic E-state index is 12.5. The second-order valence-corrected chi connectivity index (χ2v) is 6.86. The van der Waals surface area contributed by atoms with Crippen LogP contribution >= 0.6 is 0 Å². The molecule has 1 aromatic carbocycles. The van der Waals surface area contributed by atoms with Crippen molar-refractivity contribution < 1.29 is 13.2 Å². The van der Waals surface area contributed by atoms with E-state index in [-0.39, 0.29) is 16.8 Å². The van der Waals surface area contributed by atoms with Gasteiger partial charge >= 0.3 is 0 Å². The first-order valence-corrected chi connectivity index (χ1v) is 7.95. The van der Waals surface area contributed by atoms with E-state index >= 15 is 0 Å². The Kier molecular flexibility index (Phi) is 4.42. The van der Waals surface area contributed by atoms with E-state index in [1.54, 1.807) is 12.1 Å². The molecule has 110 valence electrons. The number of nitrogens with zero attached hydrogens (tertiary/aromatic N) is 1. The summed E-state index contributed by atoms with van der Waals surface area (Å²) in [5.41, 5.74) is 0.588. The van der Waals surface area contributed by atoms with E-state index in [9.17, 15) is 13.2 Å². The number of amides is 1. The van der Waals surface area contributed by atoms with Crippen molar-refractivity contribution >= 4 is 21.6 Å². The molecule has 7 heteroatoms. The summed E-state index contributed by atoms with van der Waals surface area (Å²) in [5, 5.41) is 5.83. The van der Waals surface area contributed by atoms with Crippen LogP contribution in [0.5, 0.6) is 0 Å². The van der Waals surface area contributed by atoms with Crippen molar-refractivity contribution in [2.75, 3.05) is 25.0 Å². The molecule has 1 atom stereocenters. The first kappa shape index (κ1) is 15.0. The van der Waals surface area contributed by atoms with Crippen LogP contribution in [0.25, 0.3) is 0 Å². The molecule has 1 aliphatic heterocycles. The SMILES string of the molecule is CC(=O)Nc1ccc(S(=O)(=O)N2CCN[C@H](C)C2)cc1. The number of rotatable bonds is 3. The summed E-state index contributed by atoms with van der Waals surface area (Å²) in [7, 11) is -3.46. The lowest BCUT2D eigenvalue weighted by atomic mass is 10.3. The van der Waals surface area contributed by atoms with Gasteiger partial charge in [-0.05, 0) is 31.2 Å². The van der Waals surface area contributed by atoms with E-state index in [0.717, 1.165) is 0 Å². The van der Waals surface area contributed by atoms with Crippen molar-refractivity contribution in [3.8, 4) is 0 Å². The van der Waals surface area contributed by atoms with E-state index in [2.05, 4.69) is 10.6 Å². The van der Waals surface area contributed by atoms with Crippen molar-refractivity contribution in [3.63, 3.8) is 0 Å². The summed E-state index contributed by atoms with van der Waals surface area (Å²) in [6, 6.07) is 6.39. The van der Waals surface area contributed by atoms with Crippen molar-refractivity contribution in [3.05, 3.63) is 24.3 Å². The van der Waals surface area contributed by atoms with Crippen LogP contribution in [0.3, 0.4) is 0 Å². The Morgan fingerprint density at radius 1 is 1.35 bits per heavy atom. The van der Waals surface area contributed by atoms with Crippen molar-refractivity contribution in [1.29, 1.82) is 0 Å². The molecule has 0 aromatic heterocycles. The van der Waals surface area contributed by atoms with Gasteiger partial charge in [0.05, 0.1) is 4.90 Å². The van der Waals surface area contributed by atoms with Gasteiger partial charge in [0, 0.05) is 38.3 Å². The second-order valence-electron chi connectivity index (χ2n) is 4.92. The Balaban J connectivity index is 2.19. The maximum Gasteiger partial charge on any atom is 0.243 e. The van der Waals surface area contributed by atoms with Crippen LogP contribution < -0.4 is 10.6 Å². The van der Waals surface area contributed by atoms with Gasteiger partial charge in [-0.15, -0.1) is 0 Å². The van der Waals surface area contributed by atoms with Crippen LogP contribution in [0, 0.1) is 0 Å². The average Bonchev–Trinajstić information content (AvgIpc) is 2.38. The van der Waals surface area contributed by atoms with Crippen LogP contribution in [0.1, 0.15) is 13.8 Å². The lowest BCUT2D eigenvalue weighted by Crippen LogP contribution is -2.51. The molecule has 1 fully saturated rings. The van der Waals surface area contributed by atoms with E-state index in [1.165, 1.54) is 23.4 Å². The summed E-state index contributed by atoms with van der Waals surface area (Å²) in [6.45, 7) is 4.97. The van der Waals surface area contributed by atoms with Crippen molar-refractivity contribution in [2.24, 2.45) is 0 Å². The highest BCUT2D eigenvalue weighted by molar-refractivity contribution is 7.89. The molecule has 0 saturated carbocycles. The molecular weight excluding hydrogens is 278 g/mol. The van der Waals surface area contributed by atoms with Gasteiger partial charge in [0.25, 0.3) is 0 Å². The third kappa shape index (κ3) is 3.36. The molecule has 0 aliphatic carbocycles. The quantitative estimate of drug-likeness (QED) is 0.857. The molecule has 6 nitrogen and oxygen atoms in total. The topological polar surface area (TPSA) is 78.5 Å². The lowest BCUT2D eigenvalue weighted by molar-refractivity contribution is -0.114. The van der Waals surface area contributed by atoms with E-state index < -0.39 is 10.0 Å². The molecule has 1 aromatic rings. The van der Waals surface area contributed by atoms with E-state index in [0.29, 0.717) is 25.3 Å². The highest BCUT2D eigenvalue weighted by Gasteiger charge is 2.28. The number of sulfonamides is 1. The van der Waals surface area contributed by atoms with E-state index in [4.69, 9.17) is 0 Å². The minimum absolute atomic E-state index is 0.150. The normalized spacial score (nSPS) is 20.6. The third-order valence-corrected chi connectivity index (χ3v) is 5.02. The smallest absolute Gasteiger partial charge is 0.243 e. The summed E-state index contributed by atoms with van der Waals surface area (Å²) in [5.74, 6) is -0.184. The van der Waals surface area contributed by atoms with Gasteiger partial charge in [-0.1, -0.05) is 0 Å². The zero-order valence-electron chi connectivity index (χ0n) is 11.6. The molecule has 20 heavy (non-hydrogen) atoms. The van der Waals surface area contributed by atoms with Crippen molar-refractivity contribution in [2.45, 2.75) is 24.8 Å². The van der Waals surface area contributed by atoms with Gasteiger partial charge in [0.1, 0.15) is 0 Å². The zero-order chi connectivity index (χ0) is 14.8. The van der Waals surface area contributed by atoms with Gasteiger partial charge < -0.3 is 10.6 Å². The summed E-state index contributed by atoms with van der Waals surface area (Å²) in [6.07, 6.45) is 0. The third-order valence-electron chi connectivity index (χ3n) is 3.14. The summed E-state index contributed by atoms with van der Waals surface area (Å²) < 4.78 is 26.4. The number of hydrogen-bond donors (Lipinski definition) is 2. The molecule has 1 heterocycles. The Hall–Kier alpha value is -1.44. The average molecular weight is 297 g/mol. The first-order chi connectivity index (χ1) is 9.39. The lowest BCUT2D eigenvalue weighted by Gasteiger charge is -2.31. The van der Waals surface area contributed by atoms with Crippen LogP contribution in [0.15, 0.2) is 29.2 Å². The predicted molar refractivity (Wildman–Crippen MR) is 77.0 cm³/mol. The summed E-state index contributed by atoms with van der Waals surface area (Å²) in [4.78, 5) is 11.2. The molecule has 2 N–H and O–H groups in total. The second kappa shape index (κ2) is 5.90. The monoisotopic (exact) mass is 297 g/mol. The highest BCUT2D eigenvalue weighted by Crippen LogP contribution is 2.19. The van der Waals surface area contributed by atoms with Gasteiger partial charge in [-0.2, -0.15) is 4.31 Å². The van der Waals surface area contributed by atoms with Crippen LogP contribution in [0.4, 0.5) is 5.69 Å². The fourth-order valence-corrected chi connectivity index (χ4v) is 3.71. The number of carbonyl (C=O) groups excluding carboxylic acids is 1. The predicted octanol–water partition coefficient (Wildman–Crippen LogP) is 0.627. The number of nitrogens with one attached hydrogen (secondary N) is 2. The van der Waals surface area contributed by atoms with Crippen LogP contribution in [0.2, 0.25) is 0 Å². The number of hydrogen-bond acceptors (Lipinski definition) is 4. The molecular formula is C13H19N3O3S. The molecule has 0 spiro atoms. The van der Waals surface area contributed by atoms with Gasteiger partial charge in [0.2, 0.25) is 15.9 Å². The maximum absolute atomic E-state index is 12.5. The Labute approximate surface area is 119 Å². The standard InChI is InChI=1S/C13H19N3O3S/c1-10-9-16(8-7-14-10)20(18,19)13-5-3-12(4-6-13)15-11(2)17/h3-6,10,14H,7-9H2,1-2H3,(H,15,17)/t10-/m1/s1. The molecule has 0 bridgehead atoms. The fraction of sp³-hybridized carbons (Fsp3) is 0.462. The summed E-state index contributed by atoms with van der Waals surface area (Å²) >= 11 is 0. The fourth-order valence-electron chi connectivity index (χ4n) is 2.18.